The molecule has 0 aliphatic carbocycles. The van der Waals surface area contributed by atoms with Gasteiger partial charge in [-0.1, -0.05) is 0 Å². The van der Waals surface area contributed by atoms with Crippen molar-refractivity contribution < 1.29 is 22.7 Å². The van der Waals surface area contributed by atoms with Gasteiger partial charge in [0.25, 0.3) is 0 Å². The summed E-state index contributed by atoms with van der Waals surface area (Å²) in [6, 6.07) is 0.193. The van der Waals surface area contributed by atoms with Crippen LogP contribution in [0.5, 0.6) is 5.75 Å². The second-order valence-electron chi connectivity index (χ2n) is 2.96. The van der Waals surface area contributed by atoms with Crippen LogP contribution in [0.2, 0.25) is 0 Å². The summed E-state index contributed by atoms with van der Waals surface area (Å²) in [5, 5.41) is 0. The third-order valence-corrected chi connectivity index (χ3v) is 1.90. The Labute approximate surface area is 89.2 Å². The molecule has 0 aliphatic rings. The molecule has 0 spiro atoms. The molecule has 1 unspecified atom stereocenters. The largest absolute Gasteiger partial charge is 0.495 e. The molecule has 1 atom stereocenters. The predicted molar refractivity (Wildman–Crippen MR) is 49.2 cm³/mol. The van der Waals surface area contributed by atoms with Crippen LogP contribution in [-0.2, 0) is 0 Å². The molecule has 88 valence electrons. The van der Waals surface area contributed by atoms with E-state index in [1.165, 1.54) is 19.2 Å². The molecule has 1 aromatic heterocycles. The van der Waals surface area contributed by atoms with Crippen LogP contribution in [0.25, 0.3) is 0 Å². The smallest absolute Gasteiger partial charge is 0.409 e. The van der Waals surface area contributed by atoms with Gasteiger partial charge in [0.1, 0.15) is 23.2 Å². The number of ether oxygens (including phenoxy) is 1. The van der Waals surface area contributed by atoms with Crippen molar-refractivity contribution in [2.45, 2.75) is 12.2 Å². The molecule has 1 heterocycles. The van der Waals surface area contributed by atoms with Crippen molar-refractivity contribution in [1.82, 2.24) is 4.98 Å². The number of hydrogen-bond donors (Lipinski definition) is 1. The third-order valence-electron chi connectivity index (χ3n) is 1.90. The van der Waals surface area contributed by atoms with Crippen LogP contribution >= 0.6 is 0 Å². The van der Waals surface area contributed by atoms with E-state index in [4.69, 9.17) is 10.5 Å². The van der Waals surface area contributed by atoms with E-state index in [1.807, 2.05) is 0 Å². The first kappa shape index (κ1) is 12.4. The lowest BCUT2D eigenvalue weighted by atomic mass is 10.1. The Bertz CT molecular complexity index is 393. The Kier molecular flexibility index (Phi) is 3.48. The van der Waals surface area contributed by atoms with Crippen LogP contribution in [0.4, 0.5) is 13.2 Å². The van der Waals surface area contributed by atoms with Crippen molar-refractivity contribution in [2.75, 3.05) is 7.11 Å². The number of carbonyl (C=O) groups excluding carboxylic acids is 1. The zero-order valence-corrected chi connectivity index (χ0v) is 8.28. The second kappa shape index (κ2) is 4.48. The lowest BCUT2D eigenvalue weighted by molar-refractivity contribution is -0.150. The predicted octanol–water partition coefficient (Wildman–Crippen LogP) is 1.46. The van der Waals surface area contributed by atoms with Gasteiger partial charge in [-0.15, -0.1) is 0 Å². The quantitative estimate of drug-likeness (QED) is 0.804. The van der Waals surface area contributed by atoms with Gasteiger partial charge in [0.2, 0.25) is 0 Å². The molecule has 0 bridgehead atoms. The first-order valence-electron chi connectivity index (χ1n) is 4.22. The molecule has 1 aromatic rings. The zero-order valence-electron chi connectivity index (χ0n) is 8.28. The molecule has 1 rings (SSSR count). The molecule has 0 aromatic carbocycles. The highest BCUT2D eigenvalue weighted by Crippen LogP contribution is 2.33. The molecule has 7 heteroatoms. The summed E-state index contributed by atoms with van der Waals surface area (Å²) < 4.78 is 41.8. The van der Waals surface area contributed by atoms with Crippen LogP contribution in [0.3, 0.4) is 0 Å². The van der Waals surface area contributed by atoms with E-state index in [2.05, 4.69) is 4.98 Å². The summed E-state index contributed by atoms with van der Waals surface area (Å²) in [4.78, 5) is 13.9. The minimum absolute atomic E-state index is 0.101. The maximum Gasteiger partial charge on any atom is 0.409 e. The Morgan fingerprint density at radius 1 is 1.50 bits per heavy atom. The van der Waals surface area contributed by atoms with E-state index in [0.29, 0.717) is 6.29 Å². The number of aldehydes is 1. The van der Waals surface area contributed by atoms with Crippen LogP contribution in [0.1, 0.15) is 22.2 Å². The lowest BCUT2D eigenvalue weighted by Gasteiger charge is -2.17. The number of alkyl halides is 3. The van der Waals surface area contributed by atoms with Gasteiger partial charge in [-0.3, -0.25) is 4.79 Å². The summed E-state index contributed by atoms with van der Waals surface area (Å²) in [6.07, 6.45) is -4.30. The molecule has 0 fully saturated rings. The number of rotatable bonds is 3. The number of aromatic nitrogens is 1. The second-order valence-corrected chi connectivity index (χ2v) is 2.96. The van der Waals surface area contributed by atoms with E-state index >= 15 is 0 Å². The molecular formula is C9H9F3N2O2. The van der Waals surface area contributed by atoms with Gasteiger partial charge < -0.3 is 10.5 Å². The molecule has 4 nitrogen and oxygen atoms in total. The first-order chi connectivity index (χ1) is 7.40. The molecular weight excluding hydrogens is 225 g/mol. The fraction of sp³-hybridized carbons (Fsp3) is 0.333. The number of pyridine rings is 1. The van der Waals surface area contributed by atoms with Gasteiger partial charge in [0, 0.05) is 0 Å². The van der Waals surface area contributed by atoms with Crippen LogP contribution in [-0.4, -0.2) is 24.6 Å². The fourth-order valence-corrected chi connectivity index (χ4v) is 1.09. The standard InChI is InChI=1S/C9H9F3N2O2/c1-16-6-3-2-5(4-15)14-7(6)8(13)9(10,11)12/h2-4,8H,13H2,1H3. The van der Waals surface area contributed by atoms with E-state index < -0.39 is 17.9 Å². The Balaban J connectivity index is 3.23. The van der Waals surface area contributed by atoms with Gasteiger partial charge >= 0.3 is 6.18 Å². The summed E-state index contributed by atoms with van der Waals surface area (Å²) >= 11 is 0. The molecule has 16 heavy (non-hydrogen) atoms. The normalized spacial score (nSPS) is 13.3. The highest BCUT2D eigenvalue weighted by Gasteiger charge is 2.40. The van der Waals surface area contributed by atoms with E-state index in [-0.39, 0.29) is 11.4 Å². The summed E-state index contributed by atoms with van der Waals surface area (Å²) in [6.45, 7) is 0. The van der Waals surface area contributed by atoms with Crippen molar-refractivity contribution in [2.24, 2.45) is 5.73 Å². The maximum absolute atomic E-state index is 12.4. The number of halogens is 3. The molecule has 0 aliphatic heterocycles. The van der Waals surface area contributed by atoms with E-state index in [0.717, 1.165) is 0 Å². The van der Waals surface area contributed by atoms with Crippen molar-refractivity contribution >= 4 is 6.29 Å². The zero-order chi connectivity index (χ0) is 12.3. The van der Waals surface area contributed by atoms with Crippen LogP contribution in [0.15, 0.2) is 12.1 Å². The molecule has 2 N–H and O–H groups in total. The fourth-order valence-electron chi connectivity index (χ4n) is 1.09. The van der Waals surface area contributed by atoms with Crippen LogP contribution in [0, 0.1) is 0 Å². The van der Waals surface area contributed by atoms with Gasteiger partial charge in [-0.2, -0.15) is 13.2 Å². The number of methoxy groups -OCH3 is 1. The number of nitrogens with zero attached hydrogens (tertiary/aromatic N) is 1. The minimum Gasteiger partial charge on any atom is -0.495 e. The molecule has 0 radical (unpaired) electrons. The molecule has 0 amide bonds. The van der Waals surface area contributed by atoms with Gasteiger partial charge in [-0.05, 0) is 12.1 Å². The van der Waals surface area contributed by atoms with Crippen molar-refractivity contribution in [3.63, 3.8) is 0 Å². The number of hydrogen-bond acceptors (Lipinski definition) is 4. The maximum atomic E-state index is 12.4. The summed E-state index contributed by atoms with van der Waals surface area (Å²) in [5.74, 6) is -0.101. The Morgan fingerprint density at radius 3 is 2.56 bits per heavy atom. The van der Waals surface area contributed by atoms with Crippen molar-refractivity contribution in [3.05, 3.63) is 23.5 Å². The third kappa shape index (κ3) is 2.48. The van der Waals surface area contributed by atoms with Gasteiger partial charge in [-0.25, -0.2) is 4.98 Å². The van der Waals surface area contributed by atoms with Crippen molar-refractivity contribution in [1.29, 1.82) is 0 Å². The SMILES string of the molecule is COc1ccc(C=O)nc1C(N)C(F)(F)F. The molecule has 0 saturated heterocycles. The minimum atomic E-state index is -4.64. The average Bonchev–Trinajstić information content (AvgIpc) is 2.25. The topological polar surface area (TPSA) is 65.2 Å². The van der Waals surface area contributed by atoms with Gasteiger partial charge in [0.15, 0.2) is 6.29 Å². The highest BCUT2D eigenvalue weighted by molar-refractivity contribution is 5.72. The average molecular weight is 234 g/mol. The Morgan fingerprint density at radius 2 is 2.12 bits per heavy atom. The number of nitrogens with two attached hydrogens (primary N) is 1. The summed E-state index contributed by atoms with van der Waals surface area (Å²) in [5.41, 5.74) is 4.36. The monoisotopic (exact) mass is 234 g/mol. The lowest BCUT2D eigenvalue weighted by Crippen LogP contribution is -2.30. The van der Waals surface area contributed by atoms with Crippen molar-refractivity contribution in [3.8, 4) is 5.75 Å². The highest BCUT2D eigenvalue weighted by atomic mass is 19.4. The Hall–Kier alpha value is -1.63. The first-order valence-corrected chi connectivity index (χ1v) is 4.22. The van der Waals surface area contributed by atoms with E-state index in [9.17, 15) is 18.0 Å². The van der Waals surface area contributed by atoms with Gasteiger partial charge in [0.05, 0.1) is 7.11 Å². The summed E-state index contributed by atoms with van der Waals surface area (Å²) in [7, 11) is 1.20. The van der Waals surface area contributed by atoms with E-state index in [1.54, 1.807) is 0 Å². The number of carbonyl (C=O) groups is 1. The molecule has 0 saturated carbocycles. The van der Waals surface area contributed by atoms with Crippen LogP contribution < -0.4 is 10.5 Å².